The van der Waals surface area contributed by atoms with Crippen LogP contribution in [0.2, 0.25) is 0 Å². The van der Waals surface area contributed by atoms with Gasteiger partial charge in [0.25, 0.3) is 0 Å². The molecule has 1 atom stereocenters. The Morgan fingerprint density at radius 1 is 1.12 bits per heavy atom. The average molecular weight is 354 g/mol. The fourth-order valence-corrected chi connectivity index (χ4v) is 2.69. The summed E-state index contributed by atoms with van der Waals surface area (Å²) in [6.07, 6.45) is -1.01. The van der Waals surface area contributed by atoms with Crippen LogP contribution >= 0.6 is 0 Å². The van der Waals surface area contributed by atoms with Crippen molar-refractivity contribution in [3.05, 3.63) is 66.5 Å². The van der Waals surface area contributed by atoms with E-state index < -0.39 is 12.1 Å². The highest BCUT2D eigenvalue weighted by Crippen LogP contribution is 2.36. The van der Waals surface area contributed by atoms with E-state index in [1.165, 1.54) is 13.0 Å². The summed E-state index contributed by atoms with van der Waals surface area (Å²) in [6, 6.07) is 14.0. The highest BCUT2D eigenvalue weighted by molar-refractivity contribution is 6.05. The number of benzene rings is 3. The zero-order chi connectivity index (χ0) is 18.7. The highest BCUT2D eigenvalue weighted by Gasteiger charge is 2.15. The van der Waals surface area contributed by atoms with Crippen molar-refractivity contribution < 1.29 is 23.8 Å². The molecule has 0 amide bonds. The monoisotopic (exact) mass is 354 g/mol. The fourth-order valence-electron chi connectivity index (χ4n) is 2.69. The molecule has 0 heterocycles. The van der Waals surface area contributed by atoms with Gasteiger partial charge in [-0.05, 0) is 24.4 Å². The molecule has 0 aliphatic carbocycles. The maximum absolute atomic E-state index is 14.2. The molecule has 3 rings (SSSR count). The fraction of sp³-hybridized carbons (Fsp3) is 0.190. The normalized spacial score (nSPS) is 12.1. The van der Waals surface area contributed by atoms with E-state index >= 15 is 0 Å². The second-order valence-corrected chi connectivity index (χ2v) is 6.11. The van der Waals surface area contributed by atoms with Gasteiger partial charge in [0.2, 0.25) is 0 Å². The number of rotatable bonds is 6. The molecule has 4 nitrogen and oxygen atoms in total. The molecule has 0 aromatic heterocycles. The smallest absolute Gasteiger partial charge is 0.333 e. The number of ether oxygens (including phenoxy) is 2. The second kappa shape index (κ2) is 7.54. The maximum atomic E-state index is 14.2. The van der Waals surface area contributed by atoms with Crippen LogP contribution in [0.5, 0.6) is 5.75 Å². The average Bonchev–Trinajstić information content (AvgIpc) is 2.63. The molecule has 26 heavy (non-hydrogen) atoms. The molecule has 5 heteroatoms. The minimum Gasteiger partial charge on any atom is -0.489 e. The predicted molar refractivity (Wildman–Crippen MR) is 98.7 cm³/mol. The molecule has 3 aromatic rings. The molecule has 0 bridgehead atoms. The Labute approximate surface area is 150 Å². The third-order valence-corrected chi connectivity index (χ3v) is 3.98. The molecule has 0 spiro atoms. The first-order chi connectivity index (χ1) is 12.5. The Bertz CT molecular complexity index is 980. The molecular weight excluding hydrogens is 335 g/mol. The van der Waals surface area contributed by atoms with E-state index in [1.807, 2.05) is 24.3 Å². The quantitative estimate of drug-likeness (QED) is 0.413. The van der Waals surface area contributed by atoms with E-state index in [2.05, 4.69) is 6.58 Å². The Morgan fingerprint density at radius 2 is 1.85 bits per heavy atom. The van der Waals surface area contributed by atoms with Gasteiger partial charge in [-0.2, -0.15) is 0 Å². The van der Waals surface area contributed by atoms with Crippen molar-refractivity contribution in [3.8, 4) is 5.75 Å². The molecule has 0 saturated heterocycles. The van der Waals surface area contributed by atoms with Crippen LogP contribution in [0.4, 0.5) is 4.39 Å². The van der Waals surface area contributed by atoms with Gasteiger partial charge in [-0.25, -0.2) is 9.18 Å². The molecular formula is C21H19FO4. The molecule has 0 aliphatic rings. The first-order valence-corrected chi connectivity index (χ1v) is 8.21. The van der Waals surface area contributed by atoms with Crippen molar-refractivity contribution in [1.82, 2.24) is 0 Å². The number of hydrogen-bond acceptors (Lipinski definition) is 4. The van der Waals surface area contributed by atoms with Crippen LogP contribution in [0.25, 0.3) is 21.5 Å². The number of carbonyl (C=O) groups is 1. The predicted octanol–water partition coefficient (Wildman–Crippen LogP) is 3.99. The van der Waals surface area contributed by atoms with Crippen LogP contribution in [0, 0.1) is 5.82 Å². The van der Waals surface area contributed by atoms with Crippen molar-refractivity contribution in [2.24, 2.45) is 0 Å². The van der Waals surface area contributed by atoms with Crippen LogP contribution in [0.1, 0.15) is 6.92 Å². The van der Waals surface area contributed by atoms with E-state index in [1.54, 1.807) is 18.2 Å². The maximum Gasteiger partial charge on any atom is 0.333 e. The van der Waals surface area contributed by atoms with Gasteiger partial charge >= 0.3 is 5.97 Å². The van der Waals surface area contributed by atoms with E-state index in [0.29, 0.717) is 16.5 Å². The number of aliphatic hydroxyl groups is 1. The van der Waals surface area contributed by atoms with Crippen LogP contribution in [0.3, 0.4) is 0 Å². The van der Waals surface area contributed by atoms with Gasteiger partial charge in [0, 0.05) is 21.7 Å². The first kappa shape index (κ1) is 17.9. The lowest BCUT2D eigenvalue weighted by Gasteiger charge is -2.16. The van der Waals surface area contributed by atoms with Crippen molar-refractivity contribution in [2.45, 2.75) is 13.0 Å². The van der Waals surface area contributed by atoms with Crippen molar-refractivity contribution in [3.63, 3.8) is 0 Å². The second-order valence-electron chi connectivity index (χ2n) is 6.11. The van der Waals surface area contributed by atoms with Crippen molar-refractivity contribution in [1.29, 1.82) is 0 Å². The molecule has 134 valence electrons. The lowest BCUT2D eigenvalue weighted by molar-refractivity contribution is -0.142. The first-order valence-electron chi connectivity index (χ1n) is 8.21. The van der Waals surface area contributed by atoms with Crippen LogP contribution in [-0.4, -0.2) is 30.4 Å². The van der Waals surface area contributed by atoms with Crippen LogP contribution < -0.4 is 4.74 Å². The topological polar surface area (TPSA) is 55.8 Å². The number of aliphatic hydroxyl groups excluding tert-OH is 1. The zero-order valence-corrected chi connectivity index (χ0v) is 14.4. The summed E-state index contributed by atoms with van der Waals surface area (Å²) in [5.41, 5.74) is 0.258. The Balaban J connectivity index is 1.87. The molecule has 0 aliphatic heterocycles. The van der Waals surface area contributed by atoms with E-state index in [4.69, 9.17) is 9.47 Å². The summed E-state index contributed by atoms with van der Waals surface area (Å²) in [7, 11) is 0. The van der Waals surface area contributed by atoms with Gasteiger partial charge in [-0.1, -0.05) is 43.0 Å². The zero-order valence-electron chi connectivity index (χ0n) is 14.4. The number of fused-ring (bicyclic) bond motifs is 2. The van der Waals surface area contributed by atoms with Gasteiger partial charge in [-0.15, -0.1) is 0 Å². The summed E-state index contributed by atoms with van der Waals surface area (Å²) in [5, 5.41) is 12.8. The molecule has 0 radical (unpaired) electrons. The van der Waals surface area contributed by atoms with E-state index in [-0.39, 0.29) is 24.6 Å². The molecule has 1 unspecified atom stereocenters. The molecule has 0 saturated carbocycles. The summed E-state index contributed by atoms with van der Waals surface area (Å²) in [5.74, 6) is -0.418. The lowest BCUT2D eigenvalue weighted by Crippen LogP contribution is -2.25. The van der Waals surface area contributed by atoms with Gasteiger partial charge in [0.15, 0.2) is 0 Å². The minimum atomic E-state index is -1.01. The minimum absolute atomic E-state index is 0.0942. The Kier molecular flexibility index (Phi) is 5.19. The largest absolute Gasteiger partial charge is 0.489 e. The van der Waals surface area contributed by atoms with Crippen molar-refractivity contribution >= 4 is 27.5 Å². The summed E-state index contributed by atoms with van der Waals surface area (Å²) in [6.45, 7) is 4.71. The molecule has 3 aromatic carbocycles. The molecule has 0 fully saturated rings. The summed E-state index contributed by atoms with van der Waals surface area (Å²) < 4.78 is 24.9. The Hall–Kier alpha value is -2.92. The van der Waals surface area contributed by atoms with E-state index in [9.17, 15) is 14.3 Å². The summed E-state index contributed by atoms with van der Waals surface area (Å²) in [4.78, 5) is 11.4. The number of esters is 1. The van der Waals surface area contributed by atoms with Crippen molar-refractivity contribution in [2.75, 3.05) is 13.2 Å². The van der Waals surface area contributed by atoms with Gasteiger partial charge in [0.05, 0.1) is 0 Å². The van der Waals surface area contributed by atoms with Crippen LogP contribution in [-0.2, 0) is 9.53 Å². The van der Waals surface area contributed by atoms with Gasteiger partial charge in [-0.3, -0.25) is 0 Å². The number of hydrogen-bond donors (Lipinski definition) is 1. The lowest BCUT2D eigenvalue weighted by atomic mass is 10.0. The third kappa shape index (κ3) is 3.68. The summed E-state index contributed by atoms with van der Waals surface area (Å²) >= 11 is 0. The van der Waals surface area contributed by atoms with E-state index in [0.717, 1.165) is 10.8 Å². The van der Waals surface area contributed by atoms with Crippen LogP contribution in [0.15, 0.2) is 60.7 Å². The highest BCUT2D eigenvalue weighted by atomic mass is 19.1. The SMILES string of the molecule is C=C(C)C(=O)OCC(O)COc1c2ccccc2cc2c(F)cccc12. The third-order valence-electron chi connectivity index (χ3n) is 3.98. The Morgan fingerprint density at radius 3 is 2.62 bits per heavy atom. The standard InChI is InChI=1S/C21H19FO4/c1-13(2)21(24)26-12-15(23)11-25-20-16-7-4-3-6-14(16)10-18-17(20)8-5-9-19(18)22/h3-10,15,23H,1,11-12H2,2H3. The molecule has 1 N–H and O–H groups in total. The van der Waals surface area contributed by atoms with Gasteiger partial charge < -0.3 is 14.6 Å². The number of halogens is 1. The number of carbonyl (C=O) groups excluding carboxylic acids is 1. The van der Waals surface area contributed by atoms with Gasteiger partial charge in [0.1, 0.15) is 30.9 Å².